The molecular weight excluding hydrogens is 263 g/mol. The Kier molecular flexibility index (Phi) is 6.84. The fraction of sp³-hybridized carbons (Fsp3) is 0.714. The van der Waals surface area contributed by atoms with Gasteiger partial charge in [-0.05, 0) is 34.1 Å². The van der Waals surface area contributed by atoms with Crippen molar-refractivity contribution in [1.29, 1.82) is 0 Å². The normalized spacial score (nSPS) is 12.8. The highest BCUT2D eigenvalue weighted by atomic mass is 31.2. The molecule has 0 bridgehead atoms. The molecule has 0 saturated carbocycles. The number of phosphoric acid groups is 1. The highest BCUT2D eigenvalue weighted by Crippen LogP contribution is 2.55. The highest BCUT2D eigenvalue weighted by molar-refractivity contribution is 7.48. The molecule has 0 aromatic carbocycles. The lowest BCUT2D eigenvalue weighted by molar-refractivity contribution is 0.0293. The van der Waals surface area contributed by atoms with Gasteiger partial charge < -0.3 is 0 Å². The van der Waals surface area contributed by atoms with Crippen LogP contribution in [0.4, 0.5) is 0 Å². The zero-order chi connectivity index (χ0) is 15.2. The second kappa shape index (κ2) is 7.13. The fourth-order valence-corrected chi connectivity index (χ4v) is 2.72. The molecule has 0 radical (unpaired) electrons. The number of hydrogen-bond acceptors (Lipinski definition) is 4. The number of terminal acetylenes is 2. The van der Waals surface area contributed by atoms with Crippen molar-refractivity contribution < 1.29 is 18.1 Å². The van der Waals surface area contributed by atoms with Crippen molar-refractivity contribution >= 4 is 7.82 Å². The van der Waals surface area contributed by atoms with Crippen LogP contribution in [-0.4, -0.2) is 17.8 Å². The van der Waals surface area contributed by atoms with Crippen LogP contribution >= 0.6 is 7.82 Å². The minimum absolute atomic E-state index is 0.259. The van der Waals surface area contributed by atoms with Crippen LogP contribution in [0.1, 0.15) is 47.5 Å². The van der Waals surface area contributed by atoms with Crippen LogP contribution < -0.4 is 0 Å². The van der Waals surface area contributed by atoms with E-state index in [0.29, 0.717) is 0 Å². The second-order valence-corrected chi connectivity index (χ2v) is 6.64. The van der Waals surface area contributed by atoms with Gasteiger partial charge in [0.05, 0.1) is 6.61 Å². The third-order valence-electron chi connectivity index (χ3n) is 2.12. The summed E-state index contributed by atoms with van der Waals surface area (Å²) in [5.74, 6) is 4.77. The van der Waals surface area contributed by atoms with E-state index in [-0.39, 0.29) is 6.61 Å². The number of hydrogen-bond donors (Lipinski definition) is 0. The van der Waals surface area contributed by atoms with Gasteiger partial charge in [0.2, 0.25) is 0 Å². The van der Waals surface area contributed by atoms with Crippen LogP contribution in [0, 0.1) is 24.7 Å². The summed E-state index contributed by atoms with van der Waals surface area (Å²) in [7, 11) is -3.81. The zero-order valence-electron chi connectivity index (χ0n) is 12.4. The molecule has 0 heterocycles. The summed E-state index contributed by atoms with van der Waals surface area (Å²) >= 11 is 0. The Morgan fingerprint density at radius 3 is 1.79 bits per heavy atom. The van der Waals surface area contributed by atoms with Crippen LogP contribution in [0.5, 0.6) is 0 Å². The van der Waals surface area contributed by atoms with Crippen LogP contribution in [0.2, 0.25) is 0 Å². The predicted octanol–water partition coefficient (Wildman–Crippen LogP) is 3.77. The SMILES string of the molecule is C#CC(C)(C)OP(=O)(OCCCC)OC(C)(C)C#C. The third kappa shape index (κ3) is 7.41. The minimum Gasteiger partial charge on any atom is -0.287 e. The van der Waals surface area contributed by atoms with Gasteiger partial charge in [-0.1, -0.05) is 25.2 Å². The lowest BCUT2D eigenvalue weighted by atomic mass is 10.2. The molecule has 0 fully saturated rings. The molecule has 0 atom stereocenters. The van der Waals surface area contributed by atoms with E-state index in [1.807, 2.05) is 6.92 Å². The molecule has 0 amide bonds. The quantitative estimate of drug-likeness (QED) is 0.387. The number of phosphoric ester groups is 1. The maximum Gasteiger partial charge on any atom is 0.477 e. The second-order valence-electron chi connectivity index (χ2n) is 5.13. The van der Waals surface area contributed by atoms with Crippen molar-refractivity contribution in [2.75, 3.05) is 6.61 Å². The van der Waals surface area contributed by atoms with Gasteiger partial charge in [-0.25, -0.2) is 4.57 Å². The van der Waals surface area contributed by atoms with E-state index < -0.39 is 19.0 Å². The van der Waals surface area contributed by atoms with E-state index in [1.165, 1.54) is 0 Å². The Bertz CT molecular complexity index is 380. The molecule has 0 spiro atoms. The first-order valence-corrected chi connectivity index (χ1v) is 7.67. The van der Waals surface area contributed by atoms with Crippen LogP contribution in [0.3, 0.4) is 0 Å². The van der Waals surface area contributed by atoms with Crippen molar-refractivity contribution in [2.24, 2.45) is 0 Å². The summed E-state index contributed by atoms with van der Waals surface area (Å²) in [6.45, 7) is 8.68. The van der Waals surface area contributed by atoms with Gasteiger partial charge in [-0.15, -0.1) is 12.8 Å². The summed E-state index contributed by atoms with van der Waals surface area (Å²) in [4.78, 5) is 0. The van der Waals surface area contributed by atoms with Crippen molar-refractivity contribution in [2.45, 2.75) is 58.7 Å². The van der Waals surface area contributed by atoms with Gasteiger partial charge in [0.1, 0.15) is 11.2 Å². The smallest absolute Gasteiger partial charge is 0.287 e. The summed E-state index contributed by atoms with van der Waals surface area (Å²) in [5, 5.41) is 0. The van der Waals surface area contributed by atoms with Gasteiger partial charge in [-0.2, -0.15) is 0 Å². The molecule has 0 aliphatic heterocycles. The Morgan fingerprint density at radius 1 is 1.05 bits per heavy atom. The topological polar surface area (TPSA) is 44.8 Å². The predicted molar refractivity (Wildman–Crippen MR) is 76.5 cm³/mol. The van der Waals surface area contributed by atoms with Gasteiger partial charge in [0.15, 0.2) is 0 Å². The first-order valence-electron chi connectivity index (χ1n) is 6.21. The maximum absolute atomic E-state index is 12.6. The van der Waals surface area contributed by atoms with Crippen molar-refractivity contribution in [3.63, 3.8) is 0 Å². The van der Waals surface area contributed by atoms with E-state index in [0.717, 1.165) is 12.8 Å². The molecule has 0 aliphatic rings. The van der Waals surface area contributed by atoms with Crippen molar-refractivity contribution in [3.8, 4) is 24.7 Å². The average molecular weight is 286 g/mol. The van der Waals surface area contributed by atoms with Crippen LogP contribution in [0.15, 0.2) is 0 Å². The molecule has 0 N–H and O–H groups in total. The third-order valence-corrected chi connectivity index (χ3v) is 3.98. The standard InChI is InChI=1S/C14H23O4P/c1-8-11-12-16-19(15,17-13(4,5)9-2)18-14(6,7)10-3/h2-3H,8,11-12H2,1,4-7H3. The van der Waals surface area contributed by atoms with Crippen LogP contribution in [-0.2, 0) is 18.1 Å². The highest BCUT2D eigenvalue weighted by Gasteiger charge is 2.39. The summed E-state index contributed by atoms with van der Waals surface area (Å²) in [5.41, 5.74) is -2.13. The number of rotatable bonds is 8. The molecule has 0 saturated heterocycles. The maximum atomic E-state index is 12.6. The summed E-state index contributed by atoms with van der Waals surface area (Å²) in [6.07, 6.45) is 12.3. The molecule has 0 unspecified atom stereocenters. The monoisotopic (exact) mass is 286 g/mol. The van der Waals surface area contributed by atoms with E-state index in [4.69, 9.17) is 26.4 Å². The zero-order valence-corrected chi connectivity index (χ0v) is 13.3. The average Bonchev–Trinajstić information content (AvgIpc) is 2.28. The van der Waals surface area contributed by atoms with E-state index >= 15 is 0 Å². The molecule has 0 aromatic rings. The molecule has 0 aliphatic carbocycles. The molecule has 0 rings (SSSR count). The van der Waals surface area contributed by atoms with Crippen molar-refractivity contribution in [3.05, 3.63) is 0 Å². The Morgan fingerprint density at radius 2 is 1.47 bits per heavy atom. The first kappa shape index (κ1) is 18.2. The Hall–Kier alpha value is -0.770. The molecule has 4 nitrogen and oxygen atoms in total. The summed E-state index contributed by atoms with van der Waals surface area (Å²) < 4.78 is 28.5. The molecule has 5 heteroatoms. The minimum atomic E-state index is -3.81. The molecule has 19 heavy (non-hydrogen) atoms. The molecular formula is C14H23O4P. The van der Waals surface area contributed by atoms with Gasteiger partial charge in [-0.3, -0.25) is 13.6 Å². The Balaban J connectivity index is 5.00. The van der Waals surface area contributed by atoms with Gasteiger partial charge in [0.25, 0.3) is 0 Å². The Labute approximate surface area is 116 Å². The van der Waals surface area contributed by atoms with E-state index in [2.05, 4.69) is 11.8 Å². The van der Waals surface area contributed by atoms with Gasteiger partial charge >= 0.3 is 7.82 Å². The first-order chi connectivity index (χ1) is 8.60. The van der Waals surface area contributed by atoms with Crippen LogP contribution in [0.25, 0.3) is 0 Å². The largest absolute Gasteiger partial charge is 0.477 e. The van der Waals surface area contributed by atoms with Gasteiger partial charge in [0, 0.05) is 0 Å². The van der Waals surface area contributed by atoms with E-state index in [9.17, 15) is 4.57 Å². The fourth-order valence-electron chi connectivity index (χ4n) is 1.00. The van der Waals surface area contributed by atoms with E-state index in [1.54, 1.807) is 27.7 Å². The molecule has 108 valence electrons. The van der Waals surface area contributed by atoms with Crippen molar-refractivity contribution in [1.82, 2.24) is 0 Å². The lowest BCUT2D eigenvalue weighted by Crippen LogP contribution is -2.27. The molecule has 0 aromatic heterocycles. The lowest BCUT2D eigenvalue weighted by Gasteiger charge is -2.29. The summed E-state index contributed by atoms with van der Waals surface area (Å²) in [6, 6.07) is 0. The number of unbranched alkanes of at least 4 members (excludes halogenated alkanes) is 1.